The van der Waals surface area contributed by atoms with Gasteiger partial charge in [-0.25, -0.2) is 13.9 Å². The third-order valence-electron chi connectivity index (χ3n) is 5.06. The number of nitrogens with one attached hydrogen (secondary N) is 1. The number of hydrogen-bond acceptors (Lipinski definition) is 4. The van der Waals surface area contributed by atoms with Gasteiger partial charge in [0.1, 0.15) is 11.6 Å². The lowest BCUT2D eigenvalue weighted by Gasteiger charge is -2.26. The monoisotopic (exact) mass is 421 g/mol. The molecule has 0 saturated carbocycles. The van der Waals surface area contributed by atoms with Gasteiger partial charge in [0, 0.05) is 13.1 Å². The van der Waals surface area contributed by atoms with Crippen molar-refractivity contribution in [2.45, 2.75) is 31.5 Å². The van der Waals surface area contributed by atoms with E-state index < -0.39 is 25.0 Å². The van der Waals surface area contributed by atoms with Gasteiger partial charge in [-0.05, 0) is 42.7 Å². The Labute approximate surface area is 169 Å². The summed E-state index contributed by atoms with van der Waals surface area (Å²) >= 11 is 0. The largest absolute Gasteiger partial charge is 0.390 e. The van der Waals surface area contributed by atoms with Crippen molar-refractivity contribution in [3.8, 4) is 0 Å². The first kappa shape index (κ1) is 20.1. The molecule has 1 atom stereocenters. The average molecular weight is 421 g/mol. The van der Waals surface area contributed by atoms with Crippen LogP contribution in [-0.4, -0.2) is 39.8 Å². The van der Waals surface area contributed by atoms with E-state index >= 15 is 0 Å². The van der Waals surface area contributed by atoms with Gasteiger partial charge in [0.15, 0.2) is 11.3 Å². The highest BCUT2D eigenvalue weighted by molar-refractivity contribution is 5.93. The van der Waals surface area contributed by atoms with E-state index in [9.17, 15) is 22.4 Å². The number of amides is 1. The molecule has 158 valence electrons. The van der Waals surface area contributed by atoms with Crippen LogP contribution < -0.4 is 10.2 Å². The molecule has 1 saturated heterocycles. The fourth-order valence-corrected chi connectivity index (χ4v) is 3.68. The van der Waals surface area contributed by atoms with Crippen molar-refractivity contribution in [1.29, 1.82) is 0 Å². The standard InChI is InChI=1S/C20H19F4N5O/c21-14-4-1-3-13(11-14)15-5-2-10-28(15)18-7-6-17-26-12-16(29(17)27-18)19(30)25-9-8-20(22,23)24/h1,3-4,6-7,11-12,15H,2,5,8-10H2,(H,25,30)/t15-/m1/s1. The van der Waals surface area contributed by atoms with E-state index in [4.69, 9.17) is 0 Å². The zero-order valence-corrected chi connectivity index (χ0v) is 15.9. The maximum Gasteiger partial charge on any atom is 0.390 e. The van der Waals surface area contributed by atoms with Gasteiger partial charge in [0.25, 0.3) is 5.91 Å². The summed E-state index contributed by atoms with van der Waals surface area (Å²) in [6, 6.07) is 9.82. The summed E-state index contributed by atoms with van der Waals surface area (Å²) in [5.74, 6) is -0.411. The minimum absolute atomic E-state index is 0.0514. The van der Waals surface area contributed by atoms with Crippen LogP contribution in [0.25, 0.3) is 5.65 Å². The predicted molar refractivity (Wildman–Crippen MR) is 102 cm³/mol. The summed E-state index contributed by atoms with van der Waals surface area (Å²) in [4.78, 5) is 18.5. The van der Waals surface area contributed by atoms with E-state index in [1.165, 1.54) is 22.8 Å². The van der Waals surface area contributed by atoms with Gasteiger partial charge in [0.05, 0.1) is 18.7 Å². The Hall–Kier alpha value is -3.17. The summed E-state index contributed by atoms with van der Waals surface area (Å²) in [6.45, 7) is 0.185. The molecule has 4 rings (SSSR count). The molecular formula is C20H19F4N5O. The van der Waals surface area contributed by atoms with Gasteiger partial charge in [-0.1, -0.05) is 12.1 Å². The second kappa shape index (κ2) is 7.92. The molecule has 0 aliphatic carbocycles. The lowest BCUT2D eigenvalue weighted by atomic mass is 10.0. The third kappa shape index (κ3) is 4.22. The number of aromatic nitrogens is 3. The number of anilines is 1. The van der Waals surface area contributed by atoms with Crippen LogP contribution in [0.3, 0.4) is 0 Å². The van der Waals surface area contributed by atoms with Crippen LogP contribution >= 0.6 is 0 Å². The van der Waals surface area contributed by atoms with Crippen molar-refractivity contribution in [2.75, 3.05) is 18.0 Å². The molecule has 0 unspecified atom stereocenters. The average Bonchev–Trinajstić information content (AvgIpc) is 3.33. The van der Waals surface area contributed by atoms with Gasteiger partial charge in [0.2, 0.25) is 0 Å². The summed E-state index contributed by atoms with van der Waals surface area (Å²) < 4.78 is 51.9. The molecular weight excluding hydrogens is 402 g/mol. The zero-order valence-electron chi connectivity index (χ0n) is 15.9. The Balaban J connectivity index is 1.58. The van der Waals surface area contributed by atoms with Gasteiger partial charge in [-0.3, -0.25) is 4.79 Å². The summed E-state index contributed by atoms with van der Waals surface area (Å²) in [5, 5.41) is 6.75. The highest BCUT2D eigenvalue weighted by atomic mass is 19.4. The van der Waals surface area contributed by atoms with Crippen molar-refractivity contribution in [2.24, 2.45) is 0 Å². The Bertz CT molecular complexity index is 1060. The first-order chi connectivity index (χ1) is 14.3. The number of halogens is 4. The Morgan fingerprint density at radius 2 is 2.07 bits per heavy atom. The number of carbonyl (C=O) groups excluding carboxylic acids is 1. The number of hydrogen-bond donors (Lipinski definition) is 1. The Kier molecular flexibility index (Phi) is 5.31. The molecule has 1 amide bonds. The van der Waals surface area contributed by atoms with E-state index in [2.05, 4.69) is 15.4 Å². The number of rotatable bonds is 5. The Morgan fingerprint density at radius 3 is 2.83 bits per heavy atom. The minimum atomic E-state index is -4.35. The topological polar surface area (TPSA) is 62.5 Å². The Morgan fingerprint density at radius 1 is 1.23 bits per heavy atom. The van der Waals surface area contributed by atoms with E-state index in [0.717, 1.165) is 18.4 Å². The maximum absolute atomic E-state index is 13.7. The molecule has 3 heterocycles. The zero-order chi connectivity index (χ0) is 21.3. The predicted octanol–water partition coefficient (Wildman–Crippen LogP) is 3.89. The van der Waals surface area contributed by atoms with Gasteiger partial charge >= 0.3 is 6.18 Å². The maximum atomic E-state index is 13.7. The smallest absolute Gasteiger partial charge is 0.350 e. The van der Waals surface area contributed by atoms with Crippen molar-refractivity contribution in [3.63, 3.8) is 0 Å². The van der Waals surface area contributed by atoms with Crippen LogP contribution in [-0.2, 0) is 0 Å². The lowest BCUT2D eigenvalue weighted by molar-refractivity contribution is -0.133. The minimum Gasteiger partial charge on any atom is -0.350 e. The first-order valence-electron chi connectivity index (χ1n) is 9.54. The second-order valence-corrected chi connectivity index (χ2v) is 7.13. The SMILES string of the molecule is O=C(NCCC(F)(F)F)c1cnc2ccc(N3CCC[C@@H]3c3cccc(F)c3)nn12. The van der Waals surface area contributed by atoms with Crippen LogP contribution in [0.5, 0.6) is 0 Å². The van der Waals surface area contributed by atoms with Crippen molar-refractivity contribution >= 4 is 17.4 Å². The summed E-state index contributed by atoms with van der Waals surface area (Å²) in [6.07, 6.45) is -2.45. The lowest BCUT2D eigenvalue weighted by Crippen LogP contribution is -2.29. The van der Waals surface area contributed by atoms with E-state index in [-0.39, 0.29) is 17.6 Å². The molecule has 1 N–H and O–H groups in total. The van der Waals surface area contributed by atoms with Crippen molar-refractivity contribution in [3.05, 3.63) is 59.7 Å². The van der Waals surface area contributed by atoms with E-state index in [1.54, 1.807) is 18.2 Å². The third-order valence-corrected chi connectivity index (χ3v) is 5.06. The number of imidazole rings is 1. The molecule has 1 aliphatic rings. The molecule has 6 nitrogen and oxygen atoms in total. The molecule has 1 fully saturated rings. The first-order valence-corrected chi connectivity index (χ1v) is 9.54. The fraction of sp³-hybridized carbons (Fsp3) is 0.350. The van der Waals surface area contributed by atoms with Gasteiger partial charge in [-0.2, -0.15) is 13.2 Å². The highest BCUT2D eigenvalue weighted by Gasteiger charge is 2.29. The van der Waals surface area contributed by atoms with E-state index in [1.807, 2.05) is 11.0 Å². The fourth-order valence-electron chi connectivity index (χ4n) is 3.68. The van der Waals surface area contributed by atoms with Crippen LogP contribution in [0.4, 0.5) is 23.4 Å². The second-order valence-electron chi connectivity index (χ2n) is 7.13. The molecule has 1 aromatic carbocycles. The van der Waals surface area contributed by atoms with Crippen molar-refractivity contribution < 1.29 is 22.4 Å². The number of nitrogens with zero attached hydrogens (tertiary/aromatic N) is 4. The van der Waals surface area contributed by atoms with Gasteiger partial charge < -0.3 is 10.2 Å². The molecule has 0 spiro atoms. The van der Waals surface area contributed by atoms with Gasteiger partial charge in [-0.15, -0.1) is 5.10 Å². The number of fused-ring (bicyclic) bond motifs is 1. The molecule has 0 bridgehead atoms. The normalized spacial score (nSPS) is 16.9. The molecule has 3 aromatic rings. The molecule has 30 heavy (non-hydrogen) atoms. The highest BCUT2D eigenvalue weighted by Crippen LogP contribution is 2.35. The van der Waals surface area contributed by atoms with Crippen molar-refractivity contribution in [1.82, 2.24) is 19.9 Å². The molecule has 0 radical (unpaired) electrons. The number of carbonyl (C=O) groups is 1. The quantitative estimate of drug-likeness (QED) is 0.635. The molecule has 2 aromatic heterocycles. The van der Waals surface area contributed by atoms with Crippen LogP contribution in [0.2, 0.25) is 0 Å². The van der Waals surface area contributed by atoms with E-state index in [0.29, 0.717) is 18.0 Å². The summed E-state index contributed by atoms with van der Waals surface area (Å²) in [7, 11) is 0. The van der Waals surface area contributed by atoms with Crippen LogP contribution in [0, 0.1) is 5.82 Å². The molecule has 1 aliphatic heterocycles. The molecule has 10 heteroatoms. The summed E-state index contributed by atoms with van der Waals surface area (Å²) in [5.41, 5.74) is 1.29. The number of alkyl halides is 3. The van der Waals surface area contributed by atoms with Crippen LogP contribution in [0.1, 0.15) is 41.4 Å². The van der Waals surface area contributed by atoms with Crippen LogP contribution in [0.15, 0.2) is 42.6 Å². The number of benzene rings is 1.